The maximum absolute atomic E-state index is 12.5. The van der Waals surface area contributed by atoms with Gasteiger partial charge >= 0.3 is 0 Å². The number of nitrogens with zero attached hydrogens (tertiary/aromatic N) is 3. The number of aromatic amines is 1. The van der Waals surface area contributed by atoms with Gasteiger partial charge in [-0.05, 0) is 37.5 Å². The Bertz CT molecular complexity index is 1270. The van der Waals surface area contributed by atoms with Crippen LogP contribution in [0.4, 0.5) is 5.69 Å². The molecule has 2 aromatic heterocycles. The van der Waals surface area contributed by atoms with E-state index in [1.54, 1.807) is 25.4 Å². The summed E-state index contributed by atoms with van der Waals surface area (Å²) in [5.74, 6) is -0.157. The number of Topliss-reactive ketones (excluding diaryl/α,β-unsaturated/α-hetero) is 1. The predicted molar refractivity (Wildman–Crippen MR) is 120 cm³/mol. The van der Waals surface area contributed by atoms with Crippen LogP contribution in [0.1, 0.15) is 30.1 Å². The van der Waals surface area contributed by atoms with Gasteiger partial charge in [0.25, 0.3) is 0 Å². The topological polar surface area (TPSA) is 105 Å². The molecular weight excluding hydrogens is 416 g/mol. The third kappa shape index (κ3) is 4.61. The van der Waals surface area contributed by atoms with Crippen LogP contribution in [0.5, 0.6) is 5.75 Å². The quantitative estimate of drug-likeness (QED) is 0.444. The molecule has 1 saturated heterocycles. The fourth-order valence-electron chi connectivity index (χ4n) is 3.58. The molecule has 162 valence electrons. The molecule has 9 heteroatoms. The number of carbonyl (C=O) groups is 1. The molecule has 0 aliphatic carbocycles. The molecule has 0 unspecified atom stereocenters. The minimum absolute atomic E-state index is 0.194. The zero-order valence-corrected chi connectivity index (χ0v) is 18.3. The first-order valence-corrected chi connectivity index (χ1v) is 12.0. The van der Waals surface area contributed by atoms with Crippen LogP contribution in [0.25, 0.3) is 22.4 Å². The van der Waals surface area contributed by atoms with E-state index in [9.17, 15) is 13.2 Å². The van der Waals surface area contributed by atoms with Gasteiger partial charge in [0.1, 0.15) is 11.3 Å². The number of aromatic nitrogens is 3. The molecule has 0 amide bonds. The van der Waals surface area contributed by atoms with Gasteiger partial charge in [-0.3, -0.25) is 4.79 Å². The summed E-state index contributed by atoms with van der Waals surface area (Å²) in [5, 5.41) is 0. The SMILES string of the molecule is C=C(C)C(=O)c1c[nH]c2ncc(-c3cc(OCS(C)(=O)=O)cc(N4CCCC4)c3)nc12. The molecule has 0 bridgehead atoms. The first kappa shape index (κ1) is 21.0. The van der Waals surface area contributed by atoms with Crippen molar-refractivity contribution in [1.29, 1.82) is 0 Å². The van der Waals surface area contributed by atoms with Crippen LogP contribution in [0, 0.1) is 0 Å². The van der Waals surface area contributed by atoms with Crippen molar-refractivity contribution in [1.82, 2.24) is 15.0 Å². The van der Waals surface area contributed by atoms with Crippen molar-refractivity contribution in [3.05, 3.63) is 48.3 Å². The summed E-state index contributed by atoms with van der Waals surface area (Å²) in [4.78, 5) is 26.8. The number of ether oxygens (including phenoxy) is 1. The largest absolute Gasteiger partial charge is 0.478 e. The molecule has 3 heterocycles. The van der Waals surface area contributed by atoms with Gasteiger partial charge in [-0.15, -0.1) is 0 Å². The molecule has 1 N–H and O–H groups in total. The summed E-state index contributed by atoms with van der Waals surface area (Å²) in [7, 11) is -3.29. The molecular formula is C22H24N4O4S. The maximum Gasteiger partial charge on any atom is 0.191 e. The number of hydrogen-bond donors (Lipinski definition) is 1. The van der Waals surface area contributed by atoms with Crippen LogP contribution in [0.15, 0.2) is 42.7 Å². The van der Waals surface area contributed by atoms with E-state index in [-0.39, 0.29) is 5.78 Å². The normalized spacial score (nSPS) is 14.2. The number of rotatable bonds is 7. The average Bonchev–Trinajstić information content (AvgIpc) is 3.40. The van der Waals surface area contributed by atoms with Crippen molar-refractivity contribution in [2.45, 2.75) is 19.8 Å². The highest BCUT2D eigenvalue weighted by atomic mass is 32.2. The summed E-state index contributed by atoms with van der Waals surface area (Å²) in [6.45, 7) is 7.23. The highest BCUT2D eigenvalue weighted by molar-refractivity contribution is 7.90. The minimum atomic E-state index is -3.29. The molecule has 1 aromatic carbocycles. The van der Waals surface area contributed by atoms with Gasteiger partial charge in [0, 0.05) is 42.9 Å². The number of nitrogens with one attached hydrogen (secondary N) is 1. The fraction of sp³-hybridized carbons (Fsp3) is 0.318. The Balaban J connectivity index is 1.79. The number of hydrogen-bond acceptors (Lipinski definition) is 7. The van der Waals surface area contributed by atoms with Crippen LogP contribution in [0.2, 0.25) is 0 Å². The molecule has 4 rings (SSSR count). The van der Waals surface area contributed by atoms with Crippen molar-refractivity contribution in [2.24, 2.45) is 0 Å². The Morgan fingerprint density at radius 3 is 2.68 bits per heavy atom. The van der Waals surface area contributed by atoms with E-state index in [2.05, 4.69) is 26.4 Å². The molecule has 0 spiro atoms. The summed E-state index contributed by atoms with van der Waals surface area (Å²) >= 11 is 0. The van der Waals surface area contributed by atoms with E-state index >= 15 is 0 Å². The average molecular weight is 441 g/mol. The Morgan fingerprint density at radius 1 is 1.26 bits per heavy atom. The Kier molecular flexibility index (Phi) is 5.53. The smallest absolute Gasteiger partial charge is 0.191 e. The van der Waals surface area contributed by atoms with E-state index < -0.39 is 15.8 Å². The molecule has 1 aliphatic rings. The van der Waals surface area contributed by atoms with Gasteiger partial charge in [0.15, 0.2) is 27.2 Å². The molecule has 3 aromatic rings. The molecule has 0 radical (unpaired) electrons. The Hall–Kier alpha value is -3.20. The van der Waals surface area contributed by atoms with E-state index in [0.29, 0.717) is 33.7 Å². The van der Waals surface area contributed by atoms with Crippen LogP contribution in [-0.2, 0) is 9.84 Å². The highest BCUT2D eigenvalue weighted by Crippen LogP contribution is 2.32. The van der Waals surface area contributed by atoms with Gasteiger partial charge in [-0.2, -0.15) is 0 Å². The molecule has 0 atom stereocenters. The molecule has 0 saturated carbocycles. The Labute approximate surface area is 180 Å². The second kappa shape index (κ2) is 8.14. The predicted octanol–water partition coefficient (Wildman–Crippen LogP) is 3.36. The second-order valence-electron chi connectivity index (χ2n) is 7.86. The summed E-state index contributed by atoms with van der Waals surface area (Å²) in [6.07, 6.45) is 6.55. The number of sulfone groups is 1. The zero-order valence-electron chi connectivity index (χ0n) is 17.5. The summed E-state index contributed by atoms with van der Waals surface area (Å²) in [5.41, 5.74) is 4.05. The van der Waals surface area contributed by atoms with Gasteiger partial charge in [0.05, 0.1) is 17.5 Å². The second-order valence-corrected chi connectivity index (χ2v) is 9.95. The fourth-order valence-corrected chi connectivity index (χ4v) is 3.93. The van der Waals surface area contributed by atoms with Gasteiger partial charge in [-0.1, -0.05) is 6.58 Å². The van der Waals surface area contributed by atoms with E-state index in [1.165, 1.54) is 0 Å². The first-order chi connectivity index (χ1) is 14.7. The lowest BCUT2D eigenvalue weighted by atomic mass is 10.1. The third-order valence-corrected chi connectivity index (χ3v) is 5.66. The number of benzene rings is 1. The summed E-state index contributed by atoms with van der Waals surface area (Å²) in [6, 6.07) is 5.58. The van der Waals surface area contributed by atoms with Crippen molar-refractivity contribution < 1.29 is 17.9 Å². The number of H-pyrrole nitrogens is 1. The van der Waals surface area contributed by atoms with Crippen molar-refractivity contribution in [3.63, 3.8) is 0 Å². The van der Waals surface area contributed by atoms with E-state index in [4.69, 9.17) is 4.74 Å². The van der Waals surface area contributed by atoms with E-state index in [1.807, 2.05) is 12.1 Å². The lowest BCUT2D eigenvalue weighted by Gasteiger charge is -2.20. The van der Waals surface area contributed by atoms with Gasteiger partial charge in [-0.25, -0.2) is 18.4 Å². The summed E-state index contributed by atoms with van der Waals surface area (Å²) < 4.78 is 28.7. The number of fused-ring (bicyclic) bond motifs is 1. The van der Waals surface area contributed by atoms with Crippen molar-refractivity contribution >= 4 is 32.5 Å². The van der Waals surface area contributed by atoms with Crippen molar-refractivity contribution in [2.75, 3.05) is 30.2 Å². The minimum Gasteiger partial charge on any atom is -0.478 e. The van der Waals surface area contributed by atoms with Gasteiger partial charge in [0.2, 0.25) is 0 Å². The molecule has 31 heavy (non-hydrogen) atoms. The lowest BCUT2D eigenvalue weighted by Crippen LogP contribution is -2.18. The Morgan fingerprint density at radius 2 is 2.00 bits per heavy atom. The standard InChI is InChI=1S/C22H24N4O4S/c1-14(2)21(27)18-11-23-22-20(18)25-19(12-24-22)15-8-16(26-6-4-5-7-26)10-17(9-15)30-13-31(3,28)29/h8-12H,1,4-7,13H2,2-3H3,(H,23,24). The lowest BCUT2D eigenvalue weighted by molar-refractivity contribution is 0.103. The molecule has 8 nitrogen and oxygen atoms in total. The maximum atomic E-state index is 12.5. The first-order valence-electron chi connectivity index (χ1n) is 9.96. The van der Waals surface area contributed by atoms with Gasteiger partial charge < -0.3 is 14.6 Å². The van der Waals surface area contributed by atoms with E-state index in [0.717, 1.165) is 43.4 Å². The monoisotopic (exact) mass is 440 g/mol. The third-order valence-electron chi connectivity index (χ3n) is 5.11. The zero-order chi connectivity index (χ0) is 22.2. The molecule has 1 aliphatic heterocycles. The highest BCUT2D eigenvalue weighted by Gasteiger charge is 2.18. The number of anilines is 1. The van der Waals surface area contributed by atoms with Crippen LogP contribution >= 0.6 is 0 Å². The number of ketones is 1. The van der Waals surface area contributed by atoms with Crippen LogP contribution in [-0.4, -0.2) is 54.4 Å². The van der Waals surface area contributed by atoms with Crippen LogP contribution in [0.3, 0.4) is 0 Å². The molecule has 1 fully saturated rings. The number of allylic oxidation sites excluding steroid dienone is 1. The van der Waals surface area contributed by atoms with Crippen LogP contribution < -0.4 is 9.64 Å². The number of carbonyl (C=O) groups excluding carboxylic acids is 1. The van der Waals surface area contributed by atoms with Crippen molar-refractivity contribution in [3.8, 4) is 17.0 Å².